The van der Waals surface area contributed by atoms with Gasteiger partial charge in [0.2, 0.25) is 0 Å². The molecule has 1 unspecified atom stereocenters. The SMILES string of the molecule is Cc1ccc(C(C)NCCCc2ccccc2)c(C)c1. The Bertz CT molecular complexity index is 531. The quantitative estimate of drug-likeness (QED) is 0.755. The highest BCUT2D eigenvalue weighted by Crippen LogP contribution is 2.18. The van der Waals surface area contributed by atoms with E-state index in [9.17, 15) is 0 Å². The summed E-state index contributed by atoms with van der Waals surface area (Å²) in [5.74, 6) is 0. The normalized spacial score (nSPS) is 12.3. The molecule has 0 saturated heterocycles. The molecule has 2 aromatic carbocycles. The van der Waals surface area contributed by atoms with Crippen LogP contribution in [0.15, 0.2) is 48.5 Å². The highest BCUT2D eigenvalue weighted by molar-refractivity contribution is 5.32. The van der Waals surface area contributed by atoms with E-state index in [1.807, 2.05) is 0 Å². The Morgan fingerprint density at radius 1 is 1.00 bits per heavy atom. The largest absolute Gasteiger partial charge is 0.310 e. The molecule has 2 aromatic rings. The van der Waals surface area contributed by atoms with Crippen molar-refractivity contribution in [3.8, 4) is 0 Å². The smallest absolute Gasteiger partial charge is 0.0294 e. The monoisotopic (exact) mass is 267 g/mol. The minimum absolute atomic E-state index is 0.423. The van der Waals surface area contributed by atoms with Gasteiger partial charge in [-0.05, 0) is 56.8 Å². The van der Waals surface area contributed by atoms with Gasteiger partial charge < -0.3 is 5.32 Å². The van der Waals surface area contributed by atoms with E-state index in [2.05, 4.69) is 74.6 Å². The van der Waals surface area contributed by atoms with Gasteiger partial charge in [-0.3, -0.25) is 0 Å². The summed E-state index contributed by atoms with van der Waals surface area (Å²) in [7, 11) is 0. The van der Waals surface area contributed by atoms with Crippen LogP contribution >= 0.6 is 0 Å². The van der Waals surface area contributed by atoms with Crippen LogP contribution in [0.5, 0.6) is 0 Å². The number of rotatable bonds is 6. The summed E-state index contributed by atoms with van der Waals surface area (Å²) in [6, 6.07) is 17.8. The molecule has 1 atom stereocenters. The van der Waals surface area contributed by atoms with Crippen molar-refractivity contribution in [2.75, 3.05) is 6.54 Å². The zero-order chi connectivity index (χ0) is 14.4. The molecule has 1 heteroatoms. The predicted octanol–water partition coefficient (Wildman–Crippen LogP) is 4.59. The van der Waals surface area contributed by atoms with Gasteiger partial charge in [-0.1, -0.05) is 54.1 Å². The summed E-state index contributed by atoms with van der Waals surface area (Å²) in [6.45, 7) is 7.66. The van der Waals surface area contributed by atoms with Crippen LogP contribution in [0, 0.1) is 13.8 Å². The second-order valence-electron chi connectivity index (χ2n) is 5.63. The van der Waals surface area contributed by atoms with Crippen molar-refractivity contribution in [1.82, 2.24) is 5.32 Å². The number of hydrogen-bond acceptors (Lipinski definition) is 1. The molecule has 0 heterocycles. The third-order valence-corrected chi connectivity index (χ3v) is 3.83. The van der Waals surface area contributed by atoms with E-state index in [1.54, 1.807) is 0 Å². The fourth-order valence-corrected chi connectivity index (χ4v) is 2.68. The minimum atomic E-state index is 0.423. The minimum Gasteiger partial charge on any atom is -0.310 e. The average molecular weight is 267 g/mol. The first kappa shape index (κ1) is 14.8. The molecule has 1 nitrogen and oxygen atoms in total. The topological polar surface area (TPSA) is 12.0 Å². The van der Waals surface area contributed by atoms with E-state index in [4.69, 9.17) is 0 Å². The van der Waals surface area contributed by atoms with Crippen LogP contribution in [0.25, 0.3) is 0 Å². The summed E-state index contributed by atoms with van der Waals surface area (Å²) in [5, 5.41) is 3.63. The molecule has 0 amide bonds. The van der Waals surface area contributed by atoms with Crippen LogP contribution in [0.2, 0.25) is 0 Å². The third-order valence-electron chi connectivity index (χ3n) is 3.83. The van der Waals surface area contributed by atoms with Crippen LogP contribution in [-0.2, 0) is 6.42 Å². The fraction of sp³-hybridized carbons (Fsp3) is 0.368. The fourth-order valence-electron chi connectivity index (χ4n) is 2.68. The standard InChI is InChI=1S/C19H25N/c1-15-11-12-19(16(2)14-15)17(3)20-13-7-10-18-8-5-4-6-9-18/h4-6,8-9,11-12,14,17,20H,7,10,13H2,1-3H3. The molecule has 1 N–H and O–H groups in total. The van der Waals surface area contributed by atoms with Crippen molar-refractivity contribution >= 4 is 0 Å². The zero-order valence-electron chi connectivity index (χ0n) is 12.8. The third kappa shape index (κ3) is 4.21. The predicted molar refractivity (Wildman–Crippen MR) is 87.1 cm³/mol. The van der Waals surface area contributed by atoms with Crippen molar-refractivity contribution in [2.24, 2.45) is 0 Å². The van der Waals surface area contributed by atoms with Crippen molar-refractivity contribution in [3.05, 3.63) is 70.8 Å². The van der Waals surface area contributed by atoms with Gasteiger partial charge in [0, 0.05) is 6.04 Å². The van der Waals surface area contributed by atoms with E-state index < -0.39 is 0 Å². The first-order chi connectivity index (χ1) is 9.66. The van der Waals surface area contributed by atoms with Crippen molar-refractivity contribution < 1.29 is 0 Å². The van der Waals surface area contributed by atoms with Gasteiger partial charge in [-0.2, -0.15) is 0 Å². The van der Waals surface area contributed by atoms with E-state index in [0.29, 0.717) is 6.04 Å². The average Bonchev–Trinajstić information content (AvgIpc) is 2.44. The Hall–Kier alpha value is -1.60. The summed E-state index contributed by atoms with van der Waals surface area (Å²) in [4.78, 5) is 0. The van der Waals surface area contributed by atoms with Crippen molar-refractivity contribution in [2.45, 2.75) is 39.7 Å². The number of nitrogens with one attached hydrogen (secondary N) is 1. The molecule has 106 valence electrons. The van der Waals surface area contributed by atoms with Gasteiger partial charge in [-0.15, -0.1) is 0 Å². The molecule has 0 fully saturated rings. The number of benzene rings is 2. The molecule has 0 aliphatic heterocycles. The molecular formula is C19H25N. The maximum Gasteiger partial charge on any atom is 0.0294 e. The molecule has 20 heavy (non-hydrogen) atoms. The summed E-state index contributed by atoms with van der Waals surface area (Å²) >= 11 is 0. The Labute approximate surface area is 123 Å². The van der Waals surface area contributed by atoms with Gasteiger partial charge in [0.1, 0.15) is 0 Å². The van der Waals surface area contributed by atoms with Crippen LogP contribution in [-0.4, -0.2) is 6.54 Å². The molecule has 0 saturated carbocycles. The molecule has 2 rings (SSSR count). The summed E-state index contributed by atoms with van der Waals surface area (Å²) in [6.07, 6.45) is 2.33. The Kier molecular flexibility index (Phi) is 5.37. The molecule has 0 spiro atoms. The maximum atomic E-state index is 3.63. The molecule has 0 aromatic heterocycles. The molecule has 0 aliphatic rings. The lowest BCUT2D eigenvalue weighted by atomic mass is 10.00. The molecule has 0 aliphatic carbocycles. The molecule has 0 radical (unpaired) electrons. The zero-order valence-corrected chi connectivity index (χ0v) is 12.8. The van der Waals surface area contributed by atoms with E-state index >= 15 is 0 Å². The molecule has 0 bridgehead atoms. The van der Waals surface area contributed by atoms with Gasteiger partial charge in [-0.25, -0.2) is 0 Å². The van der Waals surface area contributed by atoms with Gasteiger partial charge in [0.15, 0.2) is 0 Å². The van der Waals surface area contributed by atoms with Crippen molar-refractivity contribution in [1.29, 1.82) is 0 Å². The molecular weight excluding hydrogens is 242 g/mol. The van der Waals surface area contributed by atoms with Crippen LogP contribution in [0.4, 0.5) is 0 Å². The Morgan fingerprint density at radius 3 is 2.45 bits per heavy atom. The summed E-state index contributed by atoms with van der Waals surface area (Å²) < 4.78 is 0. The maximum absolute atomic E-state index is 3.63. The second-order valence-corrected chi connectivity index (χ2v) is 5.63. The highest BCUT2D eigenvalue weighted by atomic mass is 14.9. The van der Waals surface area contributed by atoms with Crippen molar-refractivity contribution in [3.63, 3.8) is 0 Å². The Morgan fingerprint density at radius 2 is 1.75 bits per heavy atom. The highest BCUT2D eigenvalue weighted by Gasteiger charge is 2.07. The lowest BCUT2D eigenvalue weighted by molar-refractivity contribution is 0.556. The number of hydrogen-bond donors (Lipinski definition) is 1. The van der Waals surface area contributed by atoms with E-state index in [-0.39, 0.29) is 0 Å². The first-order valence-electron chi connectivity index (χ1n) is 7.51. The van der Waals surface area contributed by atoms with Crippen LogP contribution in [0.3, 0.4) is 0 Å². The van der Waals surface area contributed by atoms with E-state index in [1.165, 1.54) is 28.7 Å². The summed E-state index contributed by atoms with van der Waals surface area (Å²) in [5.41, 5.74) is 5.55. The first-order valence-corrected chi connectivity index (χ1v) is 7.51. The lowest BCUT2D eigenvalue weighted by Crippen LogP contribution is -2.21. The van der Waals surface area contributed by atoms with Gasteiger partial charge >= 0.3 is 0 Å². The number of aryl methyl sites for hydroxylation is 3. The second kappa shape index (κ2) is 7.25. The van der Waals surface area contributed by atoms with Gasteiger partial charge in [0.05, 0.1) is 0 Å². The van der Waals surface area contributed by atoms with Crippen LogP contribution < -0.4 is 5.32 Å². The van der Waals surface area contributed by atoms with Gasteiger partial charge in [0.25, 0.3) is 0 Å². The van der Waals surface area contributed by atoms with Crippen LogP contribution in [0.1, 0.15) is 41.6 Å². The van der Waals surface area contributed by atoms with E-state index in [0.717, 1.165) is 13.0 Å². The lowest BCUT2D eigenvalue weighted by Gasteiger charge is -2.17. The Balaban J connectivity index is 1.79.